The fourth-order valence-electron chi connectivity index (χ4n) is 4.46. The Morgan fingerprint density at radius 2 is 1.21 bits per heavy atom. The van der Waals surface area contributed by atoms with Gasteiger partial charge in [-0.3, -0.25) is 14.3 Å². The summed E-state index contributed by atoms with van der Waals surface area (Å²) in [6.45, 7) is 1.08. The number of nitrogens with zero attached hydrogens (tertiary/aromatic N) is 1. The third-order valence-corrected chi connectivity index (χ3v) is 6.60. The van der Waals surface area contributed by atoms with Gasteiger partial charge < -0.3 is 18.9 Å². The van der Waals surface area contributed by atoms with Gasteiger partial charge in [-0.15, -0.1) is 0 Å². The number of aromatic nitrogens is 2. The molecule has 0 amide bonds. The number of H-pyrrole nitrogens is 1. The number of aromatic amines is 1. The van der Waals surface area contributed by atoms with Gasteiger partial charge >= 0.3 is 23.6 Å². The van der Waals surface area contributed by atoms with Crippen LogP contribution >= 0.6 is 0 Å². The van der Waals surface area contributed by atoms with Crippen molar-refractivity contribution in [1.29, 1.82) is 0 Å². The van der Waals surface area contributed by atoms with Crippen molar-refractivity contribution in [2.75, 3.05) is 6.61 Å². The number of carbonyl (C=O) groups is 3. The largest absolute Gasteiger partial charge is 0.459 e. The van der Waals surface area contributed by atoms with Crippen LogP contribution in [0.4, 0.5) is 0 Å². The van der Waals surface area contributed by atoms with Crippen molar-refractivity contribution in [3.8, 4) is 0 Å². The van der Waals surface area contributed by atoms with Crippen molar-refractivity contribution in [3.63, 3.8) is 0 Å². The number of nitrogens with one attached hydrogen (secondary N) is 1. The smallest absolute Gasteiger partial charge is 0.338 e. The van der Waals surface area contributed by atoms with Gasteiger partial charge in [0.15, 0.2) is 18.4 Å². The van der Waals surface area contributed by atoms with Gasteiger partial charge in [0.2, 0.25) is 0 Å². The Balaban J connectivity index is 1.52. The summed E-state index contributed by atoms with van der Waals surface area (Å²) in [6.07, 6.45) is -3.96. The van der Waals surface area contributed by atoms with E-state index >= 15 is 0 Å². The van der Waals surface area contributed by atoms with E-state index in [4.69, 9.17) is 18.9 Å². The highest BCUT2D eigenvalue weighted by molar-refractivity contribution is 5.91. The Kier molecular flexibility index (Phi) is 8.39. The minimum absolute atomic E-state index is 0.183. The minimum atomic E-state index is -1.38. The second-order valence-corrected chi connectivity index (χ2v) is 9.48. The van der Waals surface area contributed by atoms with E-state index in [1.807, 2.05) is 0 Å². The summed E-state index contributed by atoms with van der Waals surface area (Å²) in [5, 5.41) is 0. The molecule has 42 heavy (non-hydrogen) atoms. The van der Waals surface area contributed by atoms with Crippen molar-refractivity contribution in [3.05, 3.63) is 140 Å². The SMILES string of the molecule is Cc1cn([C@@H]2O[C@H]([13CH2]OC(=O)c3ccccc3)[C@@H](OC(=O)c3ccccc3)[C@H]2OC(=O)c2ccccc2)c(=O)[nH]c1=O. The van der Waals surface area contributed by atoms with Gasteiger partial charge in [-0.2, -0.15) is 0 Å². The van der Waals surface area contributed by atoms with Gasteiger partial charge in [-0.25, -0.2) is 19.2 Å². The van der Waals surface area contributed by atoms with Crippen LogP contribution in [0.5, 0.6) is 0 Å². The molecule has 0 saturated carbocycles. The van der Waals surface area contributed by atoms with Crippen molar-refractivity contribution >= 4 is 17.9 Å². The average Bonchev–Trinajstić information content (AvgIpc) is 3.34. The zero-order valence-corrected chi connectivity index (χ0v) is 22.4. The van der Waals surface area contributed by atoms with Crippen LogP contribution < -0.4 is 11.2 Å². The monoisotopic (exact) mass is 571 g/mol. The molecule has 214 valence electrons. The van der Waals surface area contributed by atoms with Crippen molar-refractivity contribution in [1.82, 2.24) is 9.55 Å². The van der Waals surface area contributed by atoms with Gasteiger partial charge in [-0.05, 0) is 43.3 Å². The molecule has 0 spiro atoms. The first-order chi connectivity index (χ1) is 20.3. The molecule has 1 aliphatic rings. The normalized spacial score (nSPS) is 19.5. The topological polar surface area (TPSA) is 143 Å². The second kappa shape index (κ2) is 12.5. The van der Waals surface area contributed by atoms with Crippen LogP contribution in [0.15, 0.2) is 107 Å². The molecule has 0 aliphatic carbocycles. The summed E-state index contributed by atoms with van der Waals surface area (Å²) >= 11 is 0. The van der Waals surface area contributed by atoms with Crippen LogP contribution in [-0.4, -0.2) is 52.4 Å². The van der Waals surface area contributed by atoms with Crippen molar-refractivity contribution in [2.45, 2.75) is 31.5 Å². The third kappa shape index (κ3) is 6.21. The summed E-state index contributed by atoms with van der Waals surface area (Å²) in [5.74, 6) is -2.19. The zero-order valence-electron chi connectivity index (χ0n) is 22.4. The van der Waals surface area contributed by atoms with Crippen LogP contribution in [0.25, 0.3) is 0 Å². The first kappa shape index (κ1) is 28.2. The fourth-order valence-corrected chi connectivity index (χ4v) is 4.46. The molecule has 4 aromatic rings. The highest BCUT2D eigenvalue weighted by Crippen LogP contribution is 2.34. The van der Waals surface area contributed by atoms with Gasteiger partial charge in [0, 0.05) is 11.8 Å². The number of hydrogen-bond acceptors (Lipinski definition) is 9. The molecule has 1 N–H and O–H groups in total. The van der Waals surface area contributed by atoms with E-state index in [-0.39, 0.29) is 22.3 Å². The summed E-state index contributed by atoms with van der Waals surface area (Å²) in [6, 6.07) is 24.4. The Morgan fingerprint density at radius 3 is 1.74 bits per heavy atom. The Bertz CT molecular complexity index is 1680. The molecule has 3 aromatic carbocycles. The number of benzene rings is 3. The van der Waals surface area contributed by atoms with E-state index in [9.17, 15) is 24.0 Å². The molecule has 1 aromatic heterocycles. The molecule has 0 unspecified atom stereocenters. The van der Waals surface area contributed by atoms with Crippen LogP contribution in [0, 0.1) is 6.92 Å². The van der Waals surface area contributed by atoms with Gasteiger partial charge in [0.05, 0.1) is 16.7 Å². The molecule has 2 heterocycles. The van der Waals surface area contributed by atoms with E-state index < -0.39 is 60.3 Å². The Morgan fingerprint density at radius 1 is 0.738 bits per heavy atom. The lowest BCUT2D eigenvalue weighted by atomic mass is 10.1. The maximum absolute atomic E-state index is 13.2. The average molecular weight is 572 g/mol. The van der Waals surface area contributed by atoms with E-state index in [2.05, 4.69) is 4.98 Å². The van der Waals surface area contributed by atoms with Crippen LogP contribution in [0.3, 0.4) is 0 Å². The molecule has 4 atom stereocenters. The minimum Gasteiger partial charge on any atom is -0.459 e. The molecule has 1 saturated heterocycles. The highest BCUT2D eigenvalue weighted by Gasteiger charge is 2.51. The molecule has 1 fully saturated rings. The zero-order chi connectivity index (χ0) is 29.6. The van der Waals surface area contributed by atoms with Gasteiger partial charge in [0.25, 0.3) is 5.56 Å². The van der Waals surface area contributed by atoms with E-state index in [1.165, 1.54) is 25.3 Å². The second-order valence-electron chi connectivity index (χ2n) is 9.48. The highest BCUT2D eigenvalue weighted by atomic mass is 16.7. The van der Waals surface area contributed by atoms with Crippen molar-refractivity contribution < 1.29 is 33.3 Å². The standard InChI is InChI=1S/C31H26N2O9/c1-19-17-33(31(38)32-26(19)34)27-25(42-30(37)22-15-9-4-10-16-22)24(41-29(36)21-13-7-3-8-14-21)23(40-27)18-39-28(35)20-11-5-2-6-12-20/h2-17,23-25,27H,18H2,1H3,(H,32,34,38)/t23-,24-,25-,27-/m1/s1/i18+1. The molecule has 0 radical (unpaired) electrons. The molecule has 1 aliphatic heterocycles. The number of esters is 3. The number of carbonyl (C=O) groups excluding carboxylic acids is 3. The summed E-state index contributed by atoms with van der Waals surface area (Å²) in [5.41, 5.74) is -0.564. The molecule has 11 nitrogen and oxygen atoms in total. The first-order valence-corrected chi connectivity index (χ1v) is 13.0. The van der Waals surface area contributed by atoms with Crippen LogP contribution in [0.1, 0.15) is 42.9 Å². The quantitative estimate of drug-likeness (QED) is 0.192. The Hall–Kier alpha value is -5.29. The van der Waals surface area contributed by atoms with Gasteiger partial charge in [-0.1, -0.05) is 54.6 Å². The summed E-state index contributed by atoms with van der Waals surface area (Å²) in [7, 11) is 0. The van der Waals surface area contributed by atoms with Gasteiger partial charge in [0.1, 0.15) is 12.7 Å². The molecular weight excluding hydrogens is 545 g/mol. The number of rotatable bonds is 8. The van der Waals surface area contributed by atoms with E-state index in [0.29, 0.717) is 0 Å². The van der Waals surface area contributed by atoms with E-state index in [0.717, 1.165) is 4.57 Å². The lowest BCUT2D eigenvalue weighted by Crippen LogP contribution is -2.43. The predicted molar refractivity (Wildman–Crippen MR) is 148 cm³/mol. The Labute approximate surface area is 239 Å². The maximum atomic E-state index is 13.2. The third-order valence-electron chi connectivity index (χ3n) is 6.60. The van der Waals surface area contributed by atoms with Crippen molar-refractivity contribution in [2.24, 2.45) is 0 Å². The number of hydrogen-bond donors (Lipinski definition) is 1. The molecular formula is C31H26N2O9. The maximum Gasteiger partial charge on any atom is 0.338 e. The molecule has 5 rings (SSSR count). The number of aryl methyl sites for hydroxylation is 1. The molecule has 11 heteroatoms. The van der Waals surface area contributed by atoms with Crippen LogP contribution in [0.2, 0.25) is 0 Å². The summed E-state index contributed by atoms with van der Waals surface area (Å²) in [4.78, 5) is 66.2. The molecule has 0 bridgehead atoms. The first-order valence-electron chi connectivity index (χ1n) is 13.0. The lowest BCUT2D eigenvalue weighted by Gasteiger charge is -2.25. The fraction of sp³-hybridized carbons (Fsp3) is 0.194. The van der Waals surface area contributed by atoms with Crippen LogP contribution in [-0.2, 0) is 18.9 Å². The predicted octanol–water partition coefficient (Wildman–Crippen LogP) is 3.05. The lowest BCUT2D eigenvalue weighted by molar-refractivity contribution is -0.0640. The van der Waals surface area contributed by atoms with E-state index in [1.54, 1.807) is 78.9 Å². The summed E-state index contributed by atoms with van der Waals surface area (Å²) < 4.78 is 24.3. The number of ether oxygens (including phenoxy) is 4.